The van der Waals surface area contributed by atoms with E-state index in [-0.39, 0.29) is 82.4 Å². The van der Waals surface area contributed by atoms with Gasteiger partial charge in [0.25, 0.3) is 0 Å². The Morgan fingerprint density at radius 3 is 1.98 bits per heavy atom. The van der Waals surface area contributed by atoms with Gasteiger partial charge in [0.05, 0.1) is 6.54 Å². The lowest BCUT2D eigenvalue weighted by atomic mass is 10.0. The monoisotopic (exact) mass is 936 g/mol. The number of benzene rings is 2. The summed E-state index contributed by atoms with van der Waals surface area (Å²) in [5, 5.41) is 16.7. The molecular weight excluding hydrogens is 867 g/mol. The van der Waals surface area contributed by atoms with E-state index in [0.29, 0.717) is 42.6 Å². The maximum Gasteiger partial charge on any atom is 0.245 e. The molecule has 1 heterocycles. The Balaban J connectivity index is 2.03. The molecule has 12 N–H and O–H groups in total. The third kappa shape index (κ3) is 20.8. The van der Waals surface area contributed by atoms with Crippen LogP contribution < -0.4 is 49.1 Å². The maximum absolute atomic E-state index is 14.9. The van der Waals surface area contributed by atoms with Gasteiger partial charge >= 0.3 is 0 Å². The molecule has 0 saturated carbocycles. The van der Waals surface area contributed by atoms with Gasteiger partial charge in [-0.15, -0.1) is 0 Å². The molecule has 1 fully saturated rings. The number of thioether (sulfide) groups is 1. The number of guanidine groups is 1. The molecule has 66 heavy (non-hydrogen) atoms. The summed E-state index contributed by atoms with van der Waals surface area (Å²) >= 11 is 1.49. The number of hydrogen-bond acceptors (Lipinski definition) is 10. The second kappa shape index (κ2) is 29.4. The zero-order chi connectivity index (χ0) is 48.4. The quantitative estimate of drug-likeness (QED) is 0.0519. The van der Waals surface area contributed by atoms with Crippen LogP contribution in [0.4, 0.5) is 0 Å². The predicted octanol–water partition coefficient (Wildman–Crippen LogP) is 0.143. The molecule has 19 nitrogen and oxygen atoms in total. The van der Waals surface area contributed by atoms with Gasteiger partial charge in [-0.1, -0.05) is 74.5 Å². The summed E-state index contributed by atoms with van der Waals surface area (Å²) in [6.07, 6.45) is 3.82. The predicted molar refractivity (Wildman–Crippen MR) is 254 cm³/mol. The van der Waals surface area contributed by atoms with Crippen LogP contribution in [0, 0.1) is 5.92 Å². The van der Waals surface area contributed by atoms with Gasteiger partial charge in [-0.3, -0.25) is 43.3 Å². The average molecular weight is 936 g/mol. The molecule has 3 rings (SSSR count). The van der Waals surface area contributed by atoms with Gasteiger partial charge in [-0.2, -0.15) is 11.8 Å². The first-order valence-corrected chi connectivity index (χ1v) is 23.9. The van der Waals surface area contributed by atoms with Gasteiger partial charge in [0, 0.05) is 45.3 Å². The summed E-state index contributed by atoms with van der Waals surface area (Å²) in [4.78, 5) is 114. The van der Waals surface area contributed by atoms with Crippen LogP contribution in [0.3, 0.4) is 0 Å². The molecule has 1 saturated heterocycles. The number of amides is 8. The van der Waals surface area contributed by atoms with Crippen molar-refractivity contribution in [2.45, 2.75) is 115 Å². The fourth-order valence-corrected chi connectivity index (χ4v) is 7.71. The number of rotatable bonds is 19. The van der Waals surface area contributed by atoms with Crippen molar-refractivity contribution in [1.82, 2.24) is 36.8 Å². The lowest BCUT2D eigenvalue weighted by Gasteiger charge is -2.30. The standard InChI is InChI=1S/C46H69N11O8S/c1-30(2)26-35(43(63)54-33(41(47)61)21-25-66-3)53-40(60)29-57-24-11-10-22-50-38(58)19-12-20-39(59)52-34(18-13-23-51-46(48)49)42(62)55-36(27-31-14-6-4-7-15-31)44(64)56-37(45(57)65)28-32-16-8-5-9-17-32/h4-9,14-17,30,33-37H,10-13,18-29H2,1-3H3,(H2,47,61)(H,50,58)(H,52,59)(H,53,60)(H,54,63)(H,55,62)(H,56,64)(H4,48,49,51)/t33-,34?,35-,36?,37-/m0/s1. The van der Waals surface area contributed by atoms with E-state index in [0.717, 1.165) is 0 Å². The summed E-state index contributed by atoms with van der Waals surface area (Å²) in [5.74, 6) is -4.26. The van der Waals surface area contributed by atoms with E-state index in [4.69, 9.17) is 17.2 Å². The third-order valence-corrected chi connectivity index (χ3v) is 11.3. The van der Waals surface area contributed by atoms with E-state index >= 15 is 0 Å². The Labute approximate surface area is 391 Å². The Morgan fingerprint density at radius 2 is 1.38 bits per heavy atom. The van der Waals surface area contributed by atoms with Gasteiger partial charge < -0.3 is 54.0 Å². The molecule has 0 bridgehead atoms. The van der Waals surface area contributed by atoms with Crippen LogP contribution in [0.15, 0.2) is 65.7 Å². The highest BCUT2D eigenvalue weighted by Crippen LogP contribution is 2.13. The largest absolute Gasteiger partial charge is 0.370 e. The molecule has 8 amide bonds. The highest BCUT2D eigenvalue weighted by Gasteiger charge is 2.34. The topological polar surface area (TPSA) is 302 Å². The molecule has 20 heteroatoms. The molecule has 1 aliphatic heterocycles. The minimum Gasteiger partial charge on any atom is -0.370 e. The number of aliphatic imine (C=N–C) groups is 1. The number of hydrogen-bond donors (Lipinski definition) is 9. The highest BCUT2D eigenvalue weighted by atomic mass is 32.2. The van der Waals surface area contributed by atoms with Gasteiger partial charge in [0.15, 0.2) is 5.96 Å². The molecule has 5 atom stereocenters. The molecule has 0 spiro atoms. The van der Waals surface area contributed by atoms with Crippen molar-refractivity contribution >= 4 is 65.0 Å². The van der Waals surface area contributed by atoms with E-state index in [9.17, 15) is 38.4 Å². The second-order valence-electron chi connectivity index (χ2n) is 16.7. The van der Waals surface area contributed by atoms with Gasteiger partial charge in [-0.05, 0) is 74.0 Å². The van der Waals surface area contributed by atoms with Crippen molar-refractivity contribution in [3.63, 3.8) is 0 Å². The Kier molecular flexibility index (Phi) is 24.1. The van der Waals surface area contributed by atoms with Crippen LogP contribution in [0.2, 0.25) is 0 Å². The number of nitrogens with two attached hydrogens (primary N) is 3. The van der Waals surface area contributed by atoms with Crippen LogP contribution in [-0.4, -0.2) is 127 Å². The van der Waals surface area contributed by atoms with Crippen LogP contribution >= 0.6 is 11.8 Å². The number of nitrogens with zero attached hydrogens (tertiary/aromatic N) is 2. The van der Waals surface area contributed by atoms with Crippen molar-refractivity contribution in [2.75, 3.05) is 38.2 Å². The minimum atomic E-state index is -1.24. The summed E-state index contributed by atoms with van der Waals surface area (Å²) < 4.78 is 0. The summed E-state index contributed by atoms with van der Waals surface area (Å²) in [5.41, 5.74) is 18.0. The van der Waals surface area contributed by atoms with Crippen molar-refractivity contribution < 1.29 is 38.4 Å². The third-order valence-electron chi connectivity index (χ3n) is 10.7. The molecule has 1 aliphatic rings. The van der Waals surface area contributed by atoms with Crippen molar-refractivity contribution in [3.05, 3.63) is 71.8 Å². The first kappa shape index (κ1) is 54.2. The average Bonchev–Trinajstić information content (AvgIpc) is 3.27. The van der Waals surface area contributed by atoms with Gasteiger partial charge in [0.2, 0.25) is 47.3 Å². The first-order valence-electron chi connectivity index (χ1n) is 22.5. The normalized spacial score (nSPS) is 19.2. The molecule has 0 radical (unpaired) electrons. The molecule has 2 unspecified atom stereocenters. The van der Waals surface area contributed by atoms with Crippen LogP contribution in [0.5, 0.6) is 0 Å². The Morgan fingerprint density at radius 1 is 0.773 bits per heavy atom. The fraction of sp³-hybridized carbons (Fsp3) is 0.543. The SMILES string of the molecule is CSCC[C@H](NC(=O)[C@H](CC(C)C)NC(=O)CN1CCCCNC(=O)CCCC(=O)NC(CCCN=C(N)N)C(=O)NC(Cc2ccccc2)C(=O)N[C@@H](Cc2ccccc2)C1=O)C(N)=O. The van der Waals surface area contributed by atoms with Crippen LogP contribution in [0.25, 0.3) is 0 Å². The van der Waals surface area contributed by atoms with Crippen molar-refractivity contribution in [1.29, 1.82) is 0 Å². The zero-order valence-corrected chi connectivity index (χ0v) is 39.2. The summed E-state index contributed by atoms with van der Waals surface area (Å²) in [6, 6.07) is 12.4. The number of nitrogens with one attached hydrogen (secondary N) is 6. The zero-order valence-electron chi connectivity index (χ0n) is 38.4. The second-order valence-corrected chi connectivity index (χ2v) is 17.7. The molecular formula is C46H69N11O8S. The minimum absolute atomic E-state index is 0.0119. The first-order chi connectivity index (χ1) is 31.6. The Hall–Kier alpha value is -6.18. The van der Waals surface area contributed by atoms with Crippen LogP contribution in [-0.2, 0) is 51.2 Å². The summed E-state index contributed by atoms with van der Waals surface area (Å²) in [6.45, 7) is 3.72. The highest BCUT2D eigenvalue weighted by molar-refractivity contribution is 7.98. The van der Waals surface area contributed by atoms with Gasteiger partial charge in [0.1, 0.15) is 30.2 Å². The fourth-order valence-electron chi connectivity index (χ4n) is 7.24. The molecule has 0 aliphatic carbocycles. The van der Waals surface area contributed by atoms with E-state index in [2.05, 4.69) is 36.9 Å². The lowest BCUT2D eigenvalue weighted by molar-refractivity contribution is -0.140. The Bertz CT molecular complexity index is 1930. The van der Waals surface area contributed by atoms with Crippen molar-refractivity contribution in [2.24, 2.45) is 28.1 Å². The lowest BCUT2D eigenvalue weighted by Crippen LogP contribution is -2.59. The van der Waals surface area contributed by atoms with Crippen LogP contribution in [0.1, 0.15) is 82.8 Å². The molecule has 2 aromatic rings. The number of carbonyl (C=O) groups is 8. The van der Waals surface area contributed by atoms with Crippen molar-refractivity contribution in [3.8, 4) is 0 Å². The number of primary amides is 1. The molecule has 362 valence electrons. The van der Waals surface area contributed by atoms with E-state index in [1.54, 1.807) is 48.5 Å². The smallest absolute Gasteiger partial charge is 0.245 e. The molecule has 0 aromatic heterocycles. The van der Waals surface area contributed by atoms with Gasteiger partial charge in [-0.25, -0.2) is 0 Å². The maximum atomic E-state index is 14.9. The van der Waals surface area contributed by atoms with E-state index < -0.39 is 78.1 Å². The van der Waals surface area contributed by atoms with E-state index in [1.165, 1.54) is 16.7 Å². The van der Waals surface area contributed by atoms with E-state index in [1.807, 2.05) is 32.2 Å². The number of carbonyl (C=O) groups excluding carboxylic acids is 8. The summed E-state index contributed by atoms with van der Waals surface area (Å²) in [7, 11) is 0. The molecule has 2 aromatic carbocycles.